The van der Waals surface area contributed by atoms with Gasteiger partial charge in [0.2, 0.25) is 17.7 Å². The van der Waals surface area contributed by atoms with Gasteiger partial charge in [-0.05, 0) is 62.6 Å². The standard InChI is InChI=1S/C28H38N6O7/c29-25(39)28(13-5-14-28)26(40)33(16-2-1-3-17-34-22(36)11-12-23(34)37)21(6-4-15-31-27(30)41)24(38)32-20-9-7-19(18-35)8-10-20/h7-12,21,35H,1-6,13-18H2,(H2,29,39)(H,32,38)(H3,30,31,41). The van der Waals surface area contributed by atoms with Gasteiger partial charge >= 0.3 is 6.03 Å². The number of urea groups is 1. The first kappa shape index (κ1) is 31.3. The van der Waals surface area contributed by atoms with Gasteiger partial charge < -0.3 is 32.1 Å². The van der Waals surface area contributed by atoms with Crippen molar-refractivity contribution < 1.29 is 33.9 Å². The Morgan fingerprint density at radius 3 is 2.17 bits per heavy atom. The number of hydrogen-bond donors (Lipinski definition) is 5. The number of benzene rings is 1. The predicted octanol–water partition coefficient (Wildman–Crippen LogP) is 0.514. The molecule has 1 aromatic rings. The summed E-state index contributed by atoms with van der Waals surface area (Å²) in [6.45, 7) is 0.395. The number of amides is 7. The molecule has 41 heavy (non-hydrogen) atoms. The molecule has 0 saturated heterocycles. The minimum absolute atomic E-state index is 0.138. The molecule has 1 atom stereocenters. The number of primary amides is 2. The molecule has 1 heterocycles. The second-order valence-corrected chi connectivity index (χ2v) is 10.3. The second kappa shape index (κ2) is 14.4. The summed E-state index contributed by atoms with van der Waals surface area (Å²) in [5, 5.41) is 14.6. The number of hydrogen-bond acceptors (Lipinski definition) is 7. The van der Waals surface area contributed by atoms with Crippen LogP contribution in [0.5, 0.6) is 0 Å². The van der Waals surface area contributed by atoms with E-state index in [0.29, 0.717) is 56.2 Å². The Balaban J connectivity index is 1.77. The van der Waals surface area contributed by atoms with Gasteiger partial charge in [0, 0.05) is 37.5 Å². The van der Waals surface area contributed by atoms with E-state index in [2.05, 4.69) is 10.6 Å². The monoisotopic (exact) mass is 570 g/mol. The third-order valence-corrected chi connectivity index (χ3v) is 7.57. The first-order chi connectivity index (χ1) is 19.6. The number of aliphatic hydroxyl groups excluding tert-OH is 1. The van der Waals surface area contributed by atoms with Crippen LogP contribution in [0.2, 0.25) is 0 Å². The molecule has 1 saturated carbocycles. The number of imide groups is 1. The van der Waals surface area contributed by atoms with Crippen LogP contribution in [0.15, 0.2) is 36.4 Å². The number of rotatable bonds is 16. The van der Waals surface area contributed by atoms with E-state index in [9.17, 15) is 33.9 Å². The zero-order valence-electron chi connectivity index (χ0n) is 23.0. The Morgan fingerprint density at radius 2 is 1.63 bits per heavy atom. The van der Waals surface area contributed by atoms with Crippen LogP contribution < -0.4 is 22.1 Å². The van der Waals surface area contributed by atoms with E-state index >= 15 is 0 Å². The van der Waals surface area contributed by atoms with Crippen molar-refractivity contribution in [3.63, 3.8) is 0 Å². The molecule has 2 aliphatic rings. The number of anilines is 1. The summed E-state index contributed by atoms with van der Waals surface area (Å²) in [4.78, 5) is 77.2. The normalized spacial score (nSPS) is 16.2. The Labute approximate surface area is 238 Å². The maximum absolute atomic E-state index is 13.9. The van der Waals surface area contributed by atoms with Gasteiger partial charge in [0.25, 0.3) is 11.8 Å². The zero-order chi connectivity index (χ0) is 30.0. The highest BCUT2D eigenvalue weighted by atomic mass is 16.3. The van der Waals surface area contributed by atoms with Crippen LogP contribution in [-0.2, 0) is 30.6 Å². The van der Waals surface area contributed by atoms with Crippen LogP contribution in [0.3, 0.4) is 0 Å². The van der Waals surface area contributed by atoms with Crippen LogP contribution in [0, 0.1) is 5.41 Å². The third kappa shape index (κ3) is 7.91. The summed E-state index contributed by atoms with van der Waals surface area (Å²) in [7, 11) is 0. The Bertz CT molecular complexity index is 1160. The van der Waals surface area contributed by atoms with Crippen LogP contribution in [0.25, 0.3) is 0 Å². The topological polar surface area (TPSA) is 205 Å². The van der Waals surface area contributed by atoms with Gasteiger partial charge in [-0.2, -0.15) is 0 Å². The van der Waals surface area contributed by atoms with Crippen molar-refractivity contribution in [2.75, 3.05) is 25.0 Å². The fourth-order valence-electron chi connectivity index (χ4n) is 5.00. The van der Waals surface area contributed by atoms with Crippen molar-refractivity contribution >= 4 is 41.3 Å². The minimum Gasteiger partial charge on any atom is -0.392 e. The largest absolute Gasteiger partial charge is 0.392 e. The lowest BCUT2D eigenvalue weighted by Crippen LogP contribution is -2.59. The molecule has 13 heteroatoms. The molecular formula is C28H38N6O7. The lowest BCUT2D eigenvalue weighted by molar-refractivity contribution is -0.159. The third-order valence-electron chi connectivity index (χ3n) is 7.57. The van der Waals surface area contributed by atoms with Crippen molar-refractivity contribution in [3.05, 3.63) is 42.0 Å². The molecule has 0 radical (unpaired) electrons. The van der Waals surface area contributed by atoms with Crippen LogP contribution in [-0.4, -0.2) is 76.1 Å². The fraction of sp³-hybridized carbons (Fsp3) is 0.500. The van der Waals surface area contributed by atoms with Crippen molar-refractivity contribution in [1.82, 2.24) is 15.1 Å². The Kier molecular flexibility index (Phi) is 11.0. The maximum Gasteiger partial charge on any atom is 0.312 e. The minimum atomic E-state index is -1.38. The molecule has 0 bridgehead atoms. The molecule has 0 aromatic heterocycles. The molecule has 3 rings (SSSR count). The van der Waals surface area contributed by atoms with Crippen molar-refractivity contribution in [1.29, 1.82) is 0 Å². The van der Waals surface area contributed by atoms with E-state index in [-0.39, 0.29) is 44.5 Å². The van der Waals surface area contributed by atoms with Gasteiger partial charge in [-0.1, -0.05) is 18.6 Å². The van der Waals surface area contributed by atoms with Gasteiger partial charge in [-0.15, -0.1) is 0 Å². The highest BCUT2D eigenvalue weighted by molar-refractivity contribution is 6.12. The number of nitrogens with two attached hydrogens (primary N) is 2. The first-order valence-corrected chi connectivity index (χ1v) is 13.8. The summed E-state index contributed by atoms with van der Waals surface area (Å²) in [5.74, 6) is -2.45. The number of aliphatic hydroxyl groups is 1. The molecule has 222 valence electrons. The fourth-order valence-corrected chi connectivity index (χ4v) is 5.00. The summed E-state index contributed by atoms with van der Waals surface area (Å²) >= 11 is 0. The summed E-state index contributed by atoms with van der Waals surface area (Å²) in [6, 6.07) is 4.88. The molecule has 1 aliphatic heterocycles. The molecule has 7 N–H and O–H groups in total. The van der Waals surface area contributed by atoms with Gasteiger partial charge in [-0.25, -0.2) is 4.79 Å². The van der Waals surface area contributed by atoms with Gasteiger partial charge in [0.1, 0.15) is 11.5 Å². The van der Waals surface area contributed by atoms with E-state index in [1.165, 1.54) is 17.1 Å². The summed E-state index contributed by atoms with van der Waals surface area (Å²) in [5.41, 5.74) is 10.6. The number of carbonyl (C=O) groups is 6. The van der Waals surface area contributed by atoms with Gasteiger partial charge in [0.15, 0.2) is 0 Å². The number of nitrogens with zero attached hydrogens (tertiary/aromatic N) is 2. The lowest BCUT2D eigenvalue weighted by atomic mass is 9.67. The molecular weight excluding hydrogens is 532 g/mol. The summed E-state index contributed by atoms with van der Waals surface area (Å²) in [6.07, 6.45) is 5.67. The van der Waals surface area contributed by atoms with E-state index in [1.54, 1.807) is 24.3 Å². The quantitative estimate of drug-likeness (QED) is 0.108. The molecule has 1 unspecified atom stereocenters. The highest BCUT2D eigenvalue weighted by Gasteiger charge is 2.52. The number of nitrogens with one attached hydrogen (secondary N) is 2. The van der Waals surface area contributed by atoms with E-state index in [4.69, 9.17) is 11.5 Å². The van der Waals surface area contributed by atoms with Crippen molar-refractivity contribution in [2.24, 2.45) is 16.9 Å². The van der Waals surface area contributed by atoms with E-state index in [1.807, 2.05) is 0 Å². The SMILES string of the molecule is NC(=O)NCCCC(C(=O)Nc1ccc(CO)cc1)N(CCCCCN1C(=O)C=CC1=O)C(=O)C1(C(N)=O)CCC1. The smallest absolute Gasteiger partial charge is 0.312 e. The van der Waals surface area contributed by atoms with Crippen molar-refractivity contribution in [2.45, 2.75) is 64.0 Å². The molecule has 13 nitrogen and oxygen atoms in total. The van der Waals surface area contributed by atoms with Crippen LogP contribution in [0.4, 0.5) is 10.5 Å². The average molecular weight is 571 g/mol. The van der Waals surface area contributed by atoms with Gasteiger partial charge in [0.05, 0.1) is 6.61 Å². The van der Waals surface area contributed by atoms with Gasteiger partial charge in [-0.3, -0.25) is 28.9 Å². The van der Waals surface area contributed by atoms with Crippen molar-refractivity contribution in [3.8, 4) is 0 Å². The Morgan fingerprint density at radius 1 is 0.976 bits per heavy atom. The Hall–Kier alpha value is -4.26. The van der Waals surface area contributed by atoms with Crippen LogP contribution >= 0.6 is 0 Å². The molecule has 1 fully saturated rings. The molecule has 7 amide bonds. The molecule has 0 spiro atoms. The average Bonchev–Trinajstić information content (AvgIpc) is 3.22. The number of carbonyl (C=O) groups excluding carboxylic acids is 6. The summed E-state index contributed by atoms with van der Waals surface area (Å²) < 4.78 is 0. The zero-order valence-corrected chi connectivity index (χ0v) is 23.0. The van der Waals surface area contributed by atoms with E-state index in [0.717, 1.165) is 4.90 Å². The molecule has 1 aliphatic carbocycles. The number of unbranched alkanes of at least 4 members (excludes halogenated alkanes) is 2. The second-order valence-electron chi connectivity index (χ2n) is 10.3. The highest BCUT2D eigenvalue weighted by Crippen LogP contribution is 2.43. The predicted molar refractivity (Wildman–Crippen MR) is 149 cm³/mol. The lowest BCUT2D eigenvalue weighted by Gasteiger charge is -2.43. The van der Waals surface area contributed by atoms with E-state index < -0.39 is 35.2 Å². The maximum atomic E-state index is 13.9. The first-order valence-electron chi connectivity index (χ1n) is 13.8. The molecule has 1 aromatic carbocycles. The van der Waals surface area contributed by atoms with Crippen LogP contribution in [0.1, 0.15) is 56.9 Å².